The quantitative estimate of drug-likeness (QED) is 0.222. The molecule has 31 heavy (non-hydrogen) atoms. The number of halogens is 1. The van der Waals surface area contributed by atoms with Gasteiger partial charge in [-0.15, -0.1) is 0 Å². The maximum Gasteiger partial charge on any atom is 0.132 e. The monoisotopic (exact) mass is 460 g/mol. The van der Waals surface area contributed by atoms with E-state index in [-0.39, 0.29) is 0 Å². The molecule has 0 amide bonds. The van der Waals surface area contributed by atoms with Crippen LogP contribution in [0.1, 0.15) is 22.3 Å². The SMILES string of the molecule is Brc1cc2c(c3ccccc13)-c1ccccc1C21c2ccccc2Oc2ccccc21. The first-order chi connectivity index (χ1) is 15.3. The fourth-order valence-electron chi connectivity index (χ4n) is 5.67. The normalized spacial score (nSPS) is 14.5. The third-order valence-electron chi connectivity index (χ3n) is 6.80. The molecule has 2 heteroatoms. The lowest BCUT2D eigenvalue weighted by Crippen LogP contribution is -2.32. The van der Waals surface area contributed by atoms with Crippen LogP contribution in [0.5, 0.6) is 11.5 Å². The van der Waals surface area contributed by atoms with E-state index in [0.29, 0.717) is 0 Å². The molecule has 146 valence electrons. The Morgan fingerprint density at radius 3 is 1.81 bits per heavy atom. The molecule has 1 aliphatic carbocycles. The number of benzene rings is 5. The minimum atomic E-state index is -0.413. The van der Waals surface area contributed by atoms with E-state index in [1.807, 2.05) is 0 Å². The smallest absolute Gasteiger partial charge is 0.132 e. The minimum absolute atomic E-state index is 0.413. The van der Waals surface area contributed by atoms with Gasteiger partial charge in [-0.1, -0.05) is 101 Å². The number of para-hydroxylation sites is 2. The molecule has 5 aromatic carbocycles. The highest BCUT2D eigenvalue weighted by atomic mass is 79.9. The Morgan fingerprint density at radius 1 is 0.548 bits per heavy atom. The third-order valence-corrected chi connectivity index (χ3v) is 7.46. The van der Waals surface area contributed by atoms with E-state index in [1.54, 1.807) is 0 Å². The fraction of sp³-hybridized carbons (Fsp3) is 0.0345. The number of hydrogen-bond donors (Lipinski definition) is 0. The van der Waals surface area contributed by atoms with Gasteiger partial charge in [-0.3, -0.25) is 0 Å². The Bertz CT molecular complexity index is 1490. The van der Waals surface area contributed by atoms with E-state index in [9.17, 15) is 0 Å². The molecule has 0 bridgehead atoms. The van der Waals surface area contributed by atoms with Crippen LogP contribution in [0.2, 0.25) is 0 Å². The maximum absolute atomic E-state index is 6.40. The summed E-state index contributed by atoms with van der Waals surface area (Å²) in [6.45, 7) is 0. The van der Waals surface area contributed by atoms with E-state index >= 15 is 0 Å². The molecule has 0 unspecified atom stereocenters. The van der Waals surface area contributed by atoms with E-state index < -0.39 is 5.41 Å². The molecule has 0 radical (unpaired) electrons. The van der Waals surface area contributed by atoms with Gasteiger partial charge in [-0.25, -0.2) is 0 Å². The lowest BCUT2D eigenvalue weighted by atomic mass is 9.66. The van der Waals surface area contributed by atoms with Gasteiger partial charge in [0, 0.05) is 15.6 Å². The highest BCUT2D eigenvalue weighted by Crippen LogP contribution is 2.63. The molecular formula is C29H17BrO. The van der Waals surface area contributed by atoms with Crippen molar-refractivity contribution in [1.82, 2.24) is 0 Å². The van der Waals surface area contributed by atoms with E-state index in [4.69, 9.17) is 4.74 Å². The zero-order chi connectivity index (χ0) is 20.6. The summed E-state index contributed by atoms with van der Waals surface area (Å²) in [5.74, 6) is 1.85. The first-order valence-electron chi connectivity index (χ1n) is 10.5. The third kappa shape index (κ3) is 2.06. The number of ether oxygens (including phenoxy) is 1. The second-order valence-corrected chi connectivity index (χ2v) is 9.07. The van der Waals surface area contributed by atoms with Gasteiger partial charge in [0.25, 0.3) is 0 Å². The van der Waals surface area contributed by atoms with Crippen LogP contribution in [0.15, 0.2) is 108 Å². The Labute approximate surface area is 189 Å². The molecule has 0 aromatic heterocycles. The summed E-state index contributed by atoms with van der Waals surface area (Å²) in [4.78, 5) is 0. The maximum atomic E-state index is 6.40. The highest BCUT2D eigenvalue weighted by molar-refractivity contribution is 9.10. The predicted octanol–water partition coefficient (Wildman–Crippen LogP) is 8.07. The van der Waals surface area contributed by atoms with Gasteiger partial charge >= 0.3 is 0 Å². The lowest BCUT2D eigenvalue weighted by Gasteiger charge is -2.39. The second-order valence-electron chi connectivity index (χ2n) is 8.22. The van der Waals surface area contributed by atoms with Crippen molar-refractivity contribution >= 4 is 26.7 Å². The molecule has 0 saturated heterocycles. The van der Waals surface area contributed by atoms with Crippen molar-refractivity contribution < 1.29 is 4.74 Å². The van der Waals surface area contributed by atoms with Crippen LogP contribution in [0.3, 0.4) is 0 Å². The van der Waals surface area contributed by atoms with Gasteiger partial charge in [0.2, 0.25) is 0 Å². The van der Waals surface area contributed by atoms with E-state index in [2.05, 4.69) is 119 Å². The summed E-state index contributed by atoms with van der Waals surface area (Å²) in [6.07, 6.45) is 0. The molecule has 1 aliphatic heterocycles. The zero-order valence-electron chi connectivity index (χ0n) is 16.6. The Hall–Kier alpha value is -3.36. The standard InChI is InChI=1S/C29H17BrO/c30-25-17-24-28(19-10-2-1-9-18(19)25)20-11-3-4-12-21(20)29(24)22-13-5-7-15-26(22)31-27-16-8-6-14-23(27)29/h1-17H. The largest absolute Gasteiger partial charge is 0.457 e. The van der Waals surface area contributed by atoms with Crippen LogP contribution in [0.4, 0.5) is 0 Å². The van der Waals surface area contributed by atoms with Gasteiger partial charge in [0.1, 0.15) is 11.5 Å². The molecule has 5 aromatic rings. The Balaban J connectivity index is 1.76. The van der Waals surface area contributed by atoms with Crippen LogP contribution in [-0.2, 0) is 5.41 Å². The highest BCUT2D eigenvalue weighted by Gasteiger charge is 2.51. The van der Waals surface area contributed by atoms with Crippen molar-refractivity contribution in [2.75, 3.05) is 0 Å². The predicted molar refractivity (Wildman–Crippen MR) is 129 cm³/mol. The van der Waals surface area contributed by atoms with Crippen LogP contribution in [0.25, 0.3) is 21.9 Å². The van der Waals surface area contributed by atoms with Crippen molar-refractivity contribution in [1.29, 1.82) is 0 Å². The Morgan fingerprint density at radius 2 is 1.10 bits per heavy atom. The number of fused-ring (bicyclic) bond motifs is 11. The summed E-state index contributed by atoms with van der Waals surface area (Å²) in [7, 11) is 0. The van der Waals surface area contributed by atoms with Crippen molar-refractivity contribution in [2.24, 2.45) is 0 Å². The molecule has 0 atom stereocenters. The molecule has 7 rings (SSSR count). The van der Waals surface area contributed by atoms with Crippen LogP contribution in [0, 0.1) is 0 Å². The molecule has 1 spiro atoms. The van der Waals surface area contributed by atoms with Crippen molar-refractivity contribution in [3.63, 3.8) is 0 Å². The van der Waals surface area contributed by atoms with Gasteiger partial charge in [0.15, 0.2) is 0 Å². The van der Waals surface area contributed by atoms with Gasteiger partial charge in [0.05, 0.1) is 5.41 Å². The number of rotatable bonds is 0. The van der Waals surface area contributed by atoms with Crippen LogP contribution < -0.4 is 4.74 Å². The number of hydrogen-bond acceptors (Lipinski definition) is 1. The van der Waals surface area contributed by atoms with Gasteiger partial charge < -0.3 is 4.74 Å². The fourth-order valence-corrected chi connectivity index (χ4v) is 6.24. The van der Waals surface area contributed by atoms with Crippen LogP contribution in [-0.4, -0.2) is 0 Å². The average Bonchev–Trinajstić information content (AvgIpc) is 3.11. The van der Waals surface area contributed by atoms with Gasteiger partial charge in [-0.2, -0.15) is 0 Å². The molecule has 1 heterocycles. The molecule has 1 nitrogen and oxygen atoms in total. The summed E-state index contributed by atoms with van der Waals surface area (Å²) >= 11 is 3.89. The molecular weight excluding hydrogens is 444 g/mol. The molecule has 0 saturated carbocycles. The second kappa shape index (κ2) is 6.09. The average molecular weight is 461 g/mol. The van der Waals surface area contributed by atoms with Crippen LogP contribution >= 0.6 is 15.9 Å². The van der Waals surface area contributed by atoms with E-state index in [1.165, 1.54) is 44.2 Å². The van der Waals surface area contributed by atoms with Gasteiger partial charge in [-0.05, 0) is 51.2 Å². The lowest BCUT2D eigenvalue weighted by molar-refractivity contribution is 0.436. The Kier molecular flexibility index (Phi) is 3.40. The minimum Gasteiger partial charge on any atom is -0.457 e. The van der Waals surface area contributed by atoms with E-state index in [0.717, 1.165) is 16.0 Å². The summed E-state index contributed by atoms with van der Waals surface area (Å²) in [5.41, 5.74) is 7.22. The first-order valence-corrected chi connectivity index (χ1v) is 11.3. The summed E-state index contributed by atoms with van der Waals surface area (Å²) in [5, 5.41) is 2.51. The first kappa shape index (κ1) is 17.3. The summed E-state index contributed by atoms with van der Waals surface area (Å²) in [6, 6.07) is 36.8. The summed E-state index contributed by atoms with van der Waals surface area (Å²) < 4.78 is 7.52. The molecule has 0 fully saturated rings. The molecule has 0 N–H and O–H groups in total. The van der Waals surface area contributed by atoms with Crippen molar-refractivity contribution in [3.8, 4) is 22.6 Å². The topological polar surface area (TPSA) is 9.23 Å². The zero-order valence-corrected chi connectivity index (χ0v) is 18.2. The molecule has 2 aliphatic rings. The van der Waals surface area contributed by atoms with Crippen molar-refractivity contribution in [2.45, 2.75) is 5.41 Å². The van der Waals surface area contributed by atoms with Crippen molar-refractivity contribution in [3.05, 3.63) is 130 Å².